The van der Waals surface area contributed by atoms with Crippen LogP contribution in [-0.2, 0) is 14.8 Å². The van der Waals surface area contributed by atoms with E-state index >= 15 is 0 Å². The van der Waals surface area contributed by atoms with Crippen LogP contribution in [0.1, 0.15) is 24.1 Å². The molecule has 34 heavy (non-hydrogen) atoms. The highest BCUT2D eigenvalue weighted by atomic mass is 32.2. The molecule has 1 N–H and O–H groups in total. The standard InChI is InChI=1S/C25H25FN2O5S/c1-17-3-9-21(10-4-17)28(16-25(29)27-18(2)19-5-7-20(26)8-6-19)34(30,31)22-11-12-23-24(15-22)33-14-13-32-23/h3-12,15,18H,13-14,16H2,1-2H3,(H,27,29). The topological polar surface area (TPSA) is 84.9 Å². The molecule has 178 valence electrons. The molecule has 7 nitrogen and oxygen atoms in total. The fraction of sp³-hybridized carbons (Fsp3) is 0.240. The Hall–Kier alpha value is -3.59. The van der Waals surface area contributed by atoms with Crippen molar-refractivity contribution in [3.05, 3.63) is 83.7 Å². The molecule has 3 aromatic carbocycles. The highest BCUT2D eigenvalue weighted by Gasteiger charge is 2.29. The molecule has 1 heterocycles. The Labute approximate surface area is 198 Å². The van der Waals surface area contributed by atoms with Crippen LogP contribution >= 0.6 is 0 Å². The Morgan fingerprint density at radius 1 is 1.00 bits per heavy atom. The molecule has 0 fully saturated rings. The van der Waals surface area contributed by atoms with Crippen molar-refractivity contribution in [2.75, 3.05) is 24.1 Å². The fourth-order valence-corrected chi connectivity index (χ4v) is 5.03. The van der Waals surface area contributed by atoms with Crippen LogP contribution < -0.4 is 19.1 Å². The lowest BCUT2D eigenvalue weighted by Crippen LogP contribution is -2.41. The van der Waals surface area contributed by atoms with E-state index in [1.165, 1.54) is 24.3 Å². The number of carbonyl (C=O) groups excluding carboxylic acids is 1. The summed E-state index contributed by atoms with van der Waals surface area (Å²) < 4.78 is 52.6. The number of hydrogen-bond acceptors (Lipinski definition) is 5. The lowest BCUT2D eigenvalue weighted by atomic mass is 10.1. The van der Waals surface area contributed by atoms with E-state index < -0.39 is 28.5 Å². The molecule has 0 bridgehead atoms. The van der Waals surface area contributed by atoms with Crippen molar-refractivity contribution >= 4 is 21.6 Å². The maximum absolute atomic E-state index is 13.6. The van der Waals surface area contributed by atoms with Crippen LogP contribution in [0.3, 0.4) is 0 Å². The first-order valence-corrected chi connectivity index (χ1v) is 12.2. The number of sulfonamides is 1. The van der Waals surface area contributed by atoms with E-state index in [-0.39, 0.29) is 10.7 Å². The van der Waals surface area contributed by atoms with Gasteiger partial charge in [0.1, 0.15) is 25.6 Å². The van der Waals surface area contributed by atoms with E-state index in [2.05, 4.69) is 5.32 Å². The van der Waals surface area contributed by atoms with Gasteiger partial charge in [-0.15, -0.1) is 0 Å². The predicted octanol–water partition coefficient (Wildman–Crippen LogP) is 3.98. The number of carbonyl (C=O) groups is 1. The van der Waals surface area contributed by atoms with Crippen LogP contribution in [-0.4, -0.2) is 34.1 Å². The van der Waals surface area contributed by atoms with Gasteiger partial charge < -0.3 is 14.8 Å². The lowest BCUT2D eigenvalue weighted by molar-refractivity contribution is -0.120. The van der Waals surface area contributed by atoms with Gasteiger partial charge in [-0.25, -0.2) is 12.8 Å². The Morgan fingerprint density at radius 2 is 1.65 bits per heavy atom. The Balaban J connectivity index is 1.62. The van der Waals surface area contributed by atoms with Crippen molar-refractivity contribution < 1.29 is 27.1 Å². The summed E-state index contributed by atoms with van der Waals surface area (Å²) in [5.74, 6) is -0.0691. The first-order valence-electron chi connectivity index (χ1n) is 10.8. The molecule has 1 aliphatic rings. The molecule has 0 aromatic heterocycles. The van der Waals surface area contributed by atoms with Gasteiger partial charge in [0.05, 0.1) is 16.6 Å². The summed E-state index contributed by atoms with van der Waals surface area (Å²) in [6.07, 6.45) is 0. The molecule has 0 radical (unpaired) electrons. The number of nitrogens with one attached hydrogen (secondary N) is 1. The minimum Gasteiger partial charge on any atom is -0.486 e. The molecule has 9 heteroatoms. The number of nitrogens with zero attached hydrogens (tertiary/aromatic N) is 1. The normalized spacial score (nSPS) is 13.7. The number of benzene rings is 3. The second-order valence-corrected chi connectivity index (χ2v) is 9.86. The van der Waals surface area contributed by atoms with Gasteiger partial charge in [0, 0.05) is 6.07 Å². The highest BCUT2D eigenvalue weighted by Crippen LogP contribution is 2.34. The third-order valence-electron chi connectivity index (χ3n) is 5.46. The second-order valence-electron chi connectivity index (χ2n) is 7.99. The number of aryl methyl sites for hydroxylation is 1. The number of rotatable bonds is 7. The smallest absolute Gasteiger partial charge is 0.264 e. The number of amides is 1. The van der Waals surface area contributed by atoms with E-state index in [0.29, 0.717) is 36.0 Å². The van der Waals surface area contributed by atoms with E-state index in [1.54, 1.807) is 49.4 Å². The average molecular weight is 485 g/mol. The van der Waals surface area contributed by atoms with Gasteiger partial charge >= 0.3 is 0 Å². The maximum atomic E-state index is 13.6. The number of ether oxygens (including phenoxy) is 2. The molecule has 0 saturated carbocycles. The molecule has 3 aromatic rings. The van der Waals surface area contributed by atoms with Crippen molar-refractivity contribution in [2.24, 2.45) is 0 Å². The Kier molecular flexibility index (Phi) is 6.74. The van der Waals surface area contributed by atoms with Gasteiger partial charge in [-0.2, -0.15) is 0 Å². The largest absolute Gasteiger partial charge is 0.486 e. The minimum absolute atomic E-state index is 0.0169. The molecule has 0 spiro atoms. The fourth-order valence-electron chi connectivity index (χ4n) is 3.59. The maximum Gasteiger partial charge on any atom is 0.264 e. The number of halogens is 1. The zero-order chi connectivity index (χ0) is 24.3. The van der Waals surface area contributed by atoms with Crippen LogP contribution in [0.25, 0.3) is 0 Å². The zero-order valence-corrected chi connectivity index (χ0v) is 19.6. The molecule has 1 atom stereocenters. The van der Waals surface area contributed by atoms with Crippen molar-refractivity contribution in [3.63, 3.8) is 0 Å². The molecule has 1 unspecified atom stereocenters. The zero-order valence-electron chi connectivity index (χ0n) is 18.8. The van der Waals surface area contributed by atoms with Gasteiger partial charge in [0.15, 0.2) is 11.5 Å². The number of anilines is 1. The monoisotopic (exact) mass is 484 g/mol. The lowest BCUT2D eigenvalue weighted by Gasteiger charge is -2.26. The molecule has 1 aliphatic heterocycles. The van der Waals surface area contributed by atoms with Crippen LogP contribution in [0.5, 0.6) is 11.5 Å². The van der Waals surface area contributed by atoms with Crippen LogP contribution in [0, 0.1) is 12.7 Å². The van der Waals surface area contributed by atoms with Crippen LogP contribution in [0.4, 0.5) is 10.1 Å². The van der Waals surface area contributed by atoms with Crippen molar-refractivity contribution in [3.8, 4) is 11.5 Å². The minimum atomic E-state index is -4.11. The van der Waals surface area contributed by atoms with E-state index in [9.17, 15) is 17.6 Å². The third kappa shape index (κ3) is 5.14. The SMILES string of the molecule is Cc1ccc(N(CC(=O)NC(C)c2ccc(F)cc2)S(=O)(=O)c2ccc3c(c2)OCCO3)cc1. The second kappa shape index (κ2) is 9.72. The van der Waals surface area contributed by atoms with Gasteiger partial charge in [-0.05, 0) is 55.8 Å². The van der Waals surface area contributed by atoms with Crippen LogP contribution in [0.2, 0.25) is 0 Å². The summed E-state index contributed by atoms with van der Waals surface area (Å²) in [5, 5.41) is 2.79. The van der Waals surface area contributed by atoms with E-state index in [1.807, 2.05) is 6.92 Å². The van der Waals surface area contributed by atoms with Gasteiger partial charge in [0.25, 0.3) is 10.0 Å². The average Bonchev–Trinajstić information content (AvgIpc) is 2.83. The van der Waals surface area contributed by atoms with Crippen molar-refractivity contribution in [2.45, 2.75) is 24.8 Å². The van der Waals surface area contributed by atoms with Crippen molar-refractivity contribution in [1.29, 1.82) is 0 Å². The molecule has 4 rings (SSSR count). The summed E-state index contributed by atoms with van der Waals surface area (Å²) in [7, 11) is -4.11. The van der Waals surface area contributed by atoms with Gasteiger partial charge in [-0.3, -0.25) is 9.10 Å². The predicted molar refractivity (Wildman–Crippen MR) is 126 cm³/mol. The summed E-state index contributed by atoms with van der Waals surface area (Å²) in [6.45, 7) is 3.91. The van der Waals surface area contributed by atoms with E-state index in [0.717, 1.165) is 9.87 Å². The molecule has 0 saturated heterocycles. The first-order chi connectivity index (χ1) is 16.2. The molecule has 0 aliphatic carbocycles. The summed E-state index contributed by atoms with van der Waals surface area (Å²) in [5.41, 5.74) is 2.01. The molecular weight excluding hydrogens is 459 g/mol. The molecular formula is C25H25FN2O5S. The summed E-state index contributed by atoms with van der Waals surface area (Å²) in [4.78, 5) is 12.9. The van der Waals surface area contributed by atoms with Crippen molar-refractivity contribution in [1.82, 2.24) is 5.32 Å². The van der Waals surface area contributed by atoms with Crippen LogP contribution in [0.15, 0.2) is 71.6 Å². The Morgan fingerprint density at radius 3 is 2.32 bits per heavy atom. The summed E-state index contributed by atoms with van der Waals surface area (Å²) in [6, 6.07) is 16.6. The highest BCUT2D eigenvalue weighted by molar-refractivity contribution is 7.92. The number of fused-ring (bicyclic) bond motifs is 1. The third-order valence-corrected chi connectivity index (χ3v) is 7.23. The first kappa shape index (κ1) is 23.6. The number of hydrogen-bond donors (Lipinski definition) is 1. The Bertz CT molecular complexity index is 1280. The van der Waals surface area contributed by atoms with Gasteiger partial charge in [-0.1, -0.05) is 29.8 Å². The quantitative estimate of drug-likeness (QED) is 0.549. The van der Waals surface area contributed by atoms with E-state index in [4.69, 9.17) is 9.47 Å². The van der Waals surface area contributed by atoms with Gasteiger partial charge in [0.2, 0.25) is 5.91 Å². The molecule has 1 amide bonds. The summed E-state index contributed by atoms with van der Waals surface area (Å²) >= 11 is 0.